The molecule has 2 aromatic rings. The molecule has 6 heteroatoms. The van der Waals surface area contributed by atoms with Crippen LogP contribution in [-0.4, -0.2) is 34.0 Å². The van der Waals surface area contributed by atoms with E-state index in [1.165, 1.54) is 4.90 Å². The molecule has 0 spiro atoms. The van der Waals surface area contributed by atoms with Crippen molar-refractivity contribution < 1.29 is 9.59 Å². The minimum atomic E-state index is 0.769. The van der Waals surface area contributed by atoms with Crippen molar-refractivity contribution in [1.82, 2.24) is 0 Å². The van der Waals surface area contributed by atoms with Gasteiger partial charge in [-0.25, -0.2) is 0 Å². The van der Waals surface area contributed by atoms with Gasteiger partial charge in [0.25, 0.3) is 0 Å². The lowest BCUT2D eigenvalue weighted by atomic mass is 10.2. The molecule has 5 nitrogen and oxygen atoms in total. The number of carbonyl (C=O) groups is 2. The first kappa shape index (κ1) is 15.4. The molecule has 0 aliphatic carbocycles. The van der Waals surface area contributed by atoms with Crippen molar-refractivity contribution in [2.45, 2.75) is 9.79 Å². The highest BCUT2D eigenvalue weighted by molar-refractivity contribution is 7.99. The molecule has 23 heavy (non-hydrogen) atoms. The summed E-state index contributed by atoms with van der Waals surface area (Å²) in [7, 11) is 5.67. The summed E-state index contributed by atoms with van der Waals surface area (Å²) >= 11 is 1.61. The zero-order valence-electron chi connectivity index (χ0n) is 13.2. The zero-order valence-corrected chi connectivity index (χ0v) is 14.0. The van der Waals surface area contributed by atoms with Crippen LogP contribution in [-0.2, 0) is 9.59 Å². The molecule has 0 radical (unpaired) electrons. The summed E-state index contributed by atoms with van der Waals surface area (Å²) in [4.78, 5) is 29.7. The maximum atomic E-state index is 11.6. The predicted molar refractivity (Wildman–Crippen MR) is 94.0 cm³/mol. The smallest absolute Gasteiger partial charge is 0.218 e. The highest BCUT2D eigenvalue weighted by atomic mass is 32.2. The van der Waals surface area contributed by atoms with Crippen LogP contribution in [0.25, 0.3) is 0 Å². The first-order valence-electron chi connectivity index (χ1n) is 7.11. The topological polar surface area (TPSA) is 43.9 Å². The number of rotatable bonds is 4. The number of amides is 2. The number of anilines is 4. The number of benzene rings is 2. The summed E-state index contributed by atoms with van der Waals surface area (Å²) < 4.78 is 0. The highest BCUT2D eigenvalue weighted by Gasteiger charge is 2.24. The van der Waals surface area contributed by atoms with E-state index in [2.05, 4.69) is 6.07 Å². The molecule has 0 bridgehead atoms. The minimum Gasteiger partial charge on any atom is -0.378 e. The summed E-state index contributed by atoms with van der Waals surface area (Å²) in [6, 6.07) is 11.7. The molecular formula is C17H17N3O2S. The van der Waals surface area contributed by atoms with Gasteiger partial charge in [0.2, 0.25) is 12.8 Å². The van der Waals surface area contributed by atoms with Crippen LogP contribution in [0.1, 0.15) is 0 Å². The van der Waals surface area contributed by atoms with E-state index >= 15 is 0 Å². The van der Waals surface area contributed by atoms with Crippen molar-refractivity contribution in [3.05, 3.63) is 36.4 Å². The maximum Gasteiger partial charge on any atom is 0.218 e. The van der Waals surface area contributed by atoms with Gasteiger partial charge in [0.15, 0.2) is 0 Å². The summed E-state index contributed by atoms with van der Waals surface area (Å²) in [6.07, 6.45) is 1.60. The zero-order chi connectivity index (χ0) is 16.6. The van der Waals surface area contributed by atoms with E-state index in [0.717, 1.165) is 45.4 Å². The third-order valence-corrected chi connectivity index (χ3v) is 4.91. The fourth-order valence-corrected chi connectivity index (χ4v) is 3.63. The van der Waals surface area contributed by atoms with Crippen LogP contribution in [0.4, 0.5) is 22.7 Å². The van der Waals surface area contributed by atoms with Crippen molar-refractivity contribution in [2.75, 3.05) is 35.8 Å². The Morgan fingerprint density at radius 2 is 1.48 bits per heavy atom. The fourth-order valence-electron chi connectivity index (χ4n) is 2.49. The highest BCUT2D eigenvalue weighted by Crippen LogP contribution is 2.49. The largest absolute Gasteiger partial charge is 0.378 e. The second-order valence-corrected chi connectivity index (χ2v) is 6.58. The molecule has 0 atom stereocenters. The van der Waals surface area contributed by atoms with Gasteiger partial charge in [0.1, 0.15) is 0 Å². The minimum absolute atomic E-state index is 0.769. The van der Waals surface area contributed by atoms with Crippen molar-refractivity contribution in [1.29, 1.82) is 0 Å². The van der Waals surface area contributed by atoms with Crippen LogP contribution >= 0.6 is 11.8 Å². The van der Waals surface area contributed by atoms with Gasteiger partial charge in [0, 0.05) is 42.3 Å². The first-order chi connectivity index (χ1) is 11.0. The SMILES string of the molecule is CN(C)c1ccc2c(c1)Sc1cc(N(C)C=O)ccc1N2C=O. The molecule has 0 saturated heterocycles. The van der Waals surface area contributed by atoms with Gasteiger partial charge in [-0.2, -0.15) is 0 Å². The van der Waals surface area contributed by atoms with Crippen LogP contribution in [0.2, 0.25) is 0 Å². The Labute approximate surface area is 139 Å². The number of carbonyl (C=O) groups excluding carboxylic acids is 2. The summed E-state index contributed by atoms with van der Waals surface area (Å²) in [5, 5.41) is 0. The maximum absolute atomic E-state index is 11.6. The number of hydrogen-bond donors (Lipinski definition) is 0. The van der Waals surface area contributed by atoms with Gasteiger partial charge < -0.3 is 9.80 Å². The molecule has 0 unspecified atom stereocenters. The molecule has 0 saturated carbocycles. The number of fused-ring (bicyclic) bond motifs is 2. The Morgan fingerprint density at radius 1 is 0.913 bits per heavy atom. The lowest BCUT2D eigenvalue weighted by Crippen LogP contribution is -2.20. The second kappa shape index (κ2) is 5.96. The third kappa shape index (κ3) is 2.66. The van der Waals surface area contributed by atoms with Crippen molar-refractivity contribution in [3.8, 4) is 0 Å². The summed E-state index contributed by atoms with van der Waals surface area (Å²) in [5.74, 6) is 0. The third-order valence-electron chi connectivity index (χ3n) is 3.81. The van der Waals surface area contributed by atoms with E-state index in [-0.39, 0.29) is 0 Å². The Bertz CT molecular complexity index is 776. The molecule has 0 aromatic heterocycles. The normalized spacial score (nSPS) is 12.2. The van der Waals surface area contributed by atoms with E-state index in [1.807, 2.05) is 49.3 Å². The van der Waals surface area contributed by atoms with E-state index in [0.29, 0.717) is 0 Å². The molecule has 2 aromatic carbocycles. The molecule has 0 N–H and O–H groups in total. The number of hydrogen-bond acceptors (Lipinski definition) is 4. The van der Waals surface area contributed by atoms with Gasteiger partial charge in [-0.1, -0.05) is 11.8 Å². The molecule has 1 aliphatic rings. The van der Waals surface area contributed by atoms with Gasteiger partial charge in [-0.05, 0) is 36.4 Å². The average Bonchev–Trinajstić information content (AvgIpc) is 2.57. The molecule has 3 rings (SSSR count). The Kier molecular flexibility index (Phi) is 4.00. The Balaban J connectivity index is 2.10. The number of nitrogens with zero attached hydrogens (tertiary/aromatic N) is 3. The van der Waals surface area contributed by atoms with Gasteiger partial charge in [0.05, 0.1) is 11.4 Å². The van der Waals surface area contributed by atoms with Gasteiger partial charge in [-0.3, -0.25) is 14.5 Å². The van der Waals surface area contributed by atoms with Gasteiger partial charge >= 0.3 is 0 Å². The van der Waals surface area contributed by atoms with Crippen LogP contribution in [0.15, 0.2) is 46.2 Å². The quantitative estimate of drug-likeness (QED) is 0.810. The molecule has 1 aliphatic heterocycles. The summed E-state index contributed by atoms with van der Waals surface area (Å²) in [5.41, 5.74) is 3.58. The van der Waals surface area contributed by atoms with Crippen LogP contribution in [0.3, 0.4) is 0 Å². The second-order valence-electron chi connectivity index (χ2n) is 5.49. The first-order valence-corrected chi connectivity index (χ1v) is 7.92. The molecule has 0 fully saturated rings. The molecule has 1 heterocycles. The lowest BCUT2D eigenvalue weighted by molar-refractivity contribution is -0.107. The van der Waals surface area contributed by atoms with Gasteiger partial charge in [-0.15, -0.1) is 0 Å². The Morgan fingerprint density at radius 3 is 2.00 bits per heavy atom. The van der Waals surface area contributed by atoms with E-state index in [4.69, 9.17) is 0 Å². The van der Waals surface area contributed by atoms with Crippen LogP contribution in [0.5, 0.6) is 0 Å². The van der Waals surface area contributed by atoms with Crippen LogP contribution < -0.4 is 14.7 Å². The lowest BCUT2D eigenvalue weighted by Gasteiger charge is -2.29. The Hall–Kier alpha value is -2.47. The van der Waals surface area contributed by atoms with Crippen molar-refractivity contribution in [2.24, 2.45) is 0 Å². The van der Waals surface area contributed by atoms with E-state index in [9.17, 15) is 9.59 Å². The molecule has 2 amide bonds. The van der Waals surface area contributed by atoms with E-state index < -0.39 is 0 Å². The van der Waals surface area contributed by atoms with Crippen molar-refractivity contribution in [3.63, 3.8) is 0 Å². The molecule has 118 valence electrons. The fraction of sp³-hybridized carbons (Fsp3) is 0.176. The predicted octanol–water partition coefficient (Wildman–Crippen LogP) is 3.10. The summed E-state index contributed by atoms with van der Waals surface area (Å²) in [6.45, 7) is 0. The molecular weight excluding hydrogens is 310 g/mol. The van der Waals surface area contributed by atoms with E-state index in [1.54, 1.807) is 23.7 Å². The van der Waals surface area contributed by atoms with Crippen molar-refractivity contribution >= 4 is 47.3 Å². The van der Waals surface area contributed by atoms with Crippen LogP contribution in [0, 0.1) is 0 Å². The standard InChI is InChI=1S/C17H17N3O2S/c1-18(2)12-4-6-14-16(8-12)23-17-9-13(19(3)10-21)5-7-15(17)20(14)11-22/h4-11H,1-3H3. The monoisotopic (exact) mass is 327 g/mol. The average molecular weight is 327 g/mol.